The first-order chi connectivity index (χ1) is 8.77. The second-order valence-electron chi connectivity index (χ2n) is 4.71. The van der Waals surface area contributed by atoms with Crippen molar-refractivity contribution in [3.05, 3.63) is 34.4 Å². The molecule has 0 fully saturated rings. The number of nitrogens with zero attached hydrogens (tertiary/aromatic N) is 2. The van der Waals surface area contributed by atoms with Gasteiger partial charge in [-0.15, -0.1) is 0 Å². The molecule has 2 aliphatic heterocycles. The molecule has 0 N–H and O–H groups in total. The van der Waals surface area contributed by atoms with Crippen LogP contribution in [0.3, 0.4) is 0 Å². The molecule has 0 amide bonds. The van der Waals surface area contributed by atoms with Crippen molar-refractivity contribution in [2.75, 3.05) is 6.54 Å². The van der Waals surface area contributed by atoms with Crippen molar-refractivity contribution in [3.63, 3.8) is 0 Å². The van der Waals surface area contributed by atoms with Crippen LogP contribution in [0.15, 0.2) is 39.4 Å². The van der Waals surface area contributed by atoms with Gasteiger partial charge in [0.25, 0.3) is 0 Å². The summed E-state index contributed by atoms with van der Waals surface area (Å²) in [6, 6.07) is 0. The number of aliphatic imine (C=N–C) groups is 1. The SMILES string of the molecule is C=C1C2=C(N=C(CCCC)N1CCC)SC=CC2. The van der Waals surface area contributed by atoms with E-state index in [9.17, 15) is 0 Å². The molecule has 0 saturated heterocycles. The zero-order chi connectivity index (χ0) is 13.0. The van der Waals surface area contributed by atoms with E-state index >= 15 is 0 Å². The highest BCUT2D eigenvalue weighted by molar-refractivity contribution is 8.05. The van der Waals surface area contributed by atoms with Crippen LogP contribution in [0, 0.1) is 0 Å². The zero-order valence-electron chi connectivity index (χ0n) is 11.4. The Kier molecular flexibility index (Phi) is 4.70. The maximum atomic E-state index is 4.86. The molecule has 3 heteroatoms. The molecule has 0 aromatic rings. The molecular weight excluding hydrogens is 240 g/mol. The molecule has 0 aromatic carbocycles. The Hall–Kier alpha value is -0.960. The third kappa shape index (κ3) is 2.72. The van der Waals surface area contributed by atoms with Gasteiger partial charge >= 0.3 is 0 Å². The summed E-state index contributed by atoms with van der Waals surface area (Å²) in [5, 5.41) is 3.31. The molecule has 0 aromatic heterocycles. The van der Waals surface area contributed by atoms with Gasteiger partial charge < -0.3 is 4.90 Å². The van der Waals surface area contributed by atoms with E-state index in [1.165, 1.54) is 35.0 Å². The van der Waals surface area contributed by atoms with E-state index < -0.39 is 0 Å². The van der Waals surface area contributed by atoms with Crippen LogP contribution in [0.4, 0.5) is 0 Å². The predicted molar refractivity (Wildman–Crippen MR) is 81.5 cm³/mol. The Bertz CT molecular complexity index is 418. The quantitative estimate of drug-likeness (QED) is 0.715. The van der Waals surface area contributed by atoms with E-state index in [0.29, 0.717) is 0 Å². The monoisotopic (exact) mass is 262 g/mol. The van der Waals surface area contributed by atoms with Gasteiger partial charge in [-0.05, 0) is 24.7 Å². The number of amidine groups is 1. The zero-order valence-corrected chi connectivity index (χ0v) is 12.2. The van der Waals surface area contributed by atoms with E-state index in [0.717, 1.165) is 25.8 Å². The highest BCUT2D eigenvalue weighted by Crippen LogP contribution is 2.38. The van der Waals surface area contributed by atoms with Crippen LogP contribution in [0.2, 0.25) is 0 Å². The number of hydrogen-bond donors (Lipinski definition) is 0. The van der Waals surface area contributed by atoms with Gasteiger partial charge in [0.2, 0.25) is 0 Å². The molecule has 0 atom stereocenters. The maximum Gasteiger partial charge on any atom is 0.110 e. The van der Waals surface area contributed by atoms with E-state index in [-0.39, 0.29) is 0 Å². The molecule has 0 saturated carbocycles. The third-order valence-electron chi connectivity index (χ3n) is 3.27. The lowest BCUT2D eigenvalue weighted by Gasteiger charge is -2.34. The number of unbranched alkanes of at least 4 members (excludes halogenated alkanes) is 1. The first kappa shape index (κ1) is 13.5. The Balaban J connectivity index is 2.24. The normalized spacial score (nSPS) is 19.1. The number of rotatable bonds is 5. The van der Waals surface area contributed by atoms with Gasteiger partial charge in [-0.3, -0.25) is 0 Å². The molecular formula is C15H22N2S. The topological polar surface area (TPSA) is 15.6 Å². The summed E-state index contributed by atoms with van der Waals surface area (Å²) in [7, 11) is 0. The molecule has 98 valence electrons. The standard InChI is InChI=1S/C15H22N2S/c1-4-6-9-14-16-15-13(8-7-11-18-15)12(3)17(14)10-5-2/h7,11H,3-6,8-10H2,1-2H3. The van der Waals surface area contributed by atoms with Crippen molar-refractivity contribution in [2.24, 2.45) is 4.99 Å². The van der Waals surface area contributed by atoms with Crippen LogP contribution in [0.1, 0.15) is 46.0 Å². The van der Waals surface area contributed by atoms with Crippen LogP contribution in [0.25, 0.3) is 0 Å². The molecule has 0 unspecified atom stereocenters. The lowest BCUT2D eigenvalue weighted by Crippen LogP contribution is -2.34. The van der Waals surface area contributed by atoms with Gasteiger partial charge in [0, 0.05) is 24.2 Å². The molecule has 0 bridgehead atoms. The highest BCUT2D eigenvalue weighted by atomic mass is 32.2. The van der Waals surface area contributed by atoms with Crippen molar-refractivity contribution in [2.45, 2.75) is 46.0 Å². The second-order valence-corrected chi connectivity index (χ2v) is 5.60. The van der Waals surface area contributed by atoms with Crippen molar-refractivity contribution in [1.82, 2.24) is 4.90 Å². The van der Waals surface area contributed by atoms with Gasteiger partial charge in [0.05, 0.1) is 0 Å². The molecule has 2 heterocycles. The number of allylic oxidation sites excluding steroid dienone is 2. The van der Waals surface area contributed by atoms with Crippen molar-refractivity contribution >= 4 is 17.6 Å². The largest absolute Gasteiger partial charge is 0.330 e. The molecule has 0 aliphatic carbocycles. The lowest BCUT2D eigenvalue weighted by atomic mass is 10.1. The third-order valence-corrected chi connectivity index (χ3v) is 4.16. The van der Waals surface area contributed by atoms with Crippen LogP contribution >= 0.6 is 11.8 Å². The van der Waals surface area contributed by atoms with Crippen molar-refractivity contribution in [3.8, 4) is 0 Å². The highest BCUT2D eigenvalue weighted by Gasteiger charge is 2.25. The minimum Gasteiger partial charge on any atom is -0.330 e. The minimum atomic E-state index is 0.978. The predicted octanol–water partition coefficient (Wildman–Crippen LogP) is 4.68. The Morgan fingerprint density at radius 2 is 2.22 bits per heavy atom. The Labute approximate surface area is 115 Å². The fourth-order valence-corrected chi connectivity index (χ4v) is 3.10. The van der Waals surface area contributed by atoms with Gasteiger partial charge in [-0.2, -0.15) is 0 Å². The summed E-state index contributed by atoms with van der Waals surface area (Å²) in [4.78, 5) is 7.19. The smallest absolute Gasteiger partial charge is 0.110 e. The summed E-state index contributed by atoms with van der Waals surface area (Å²) < 4.78 is 0. The first-order valence-electron chi connectivity index (χ1n) is 6.87. The molecule has 0 spiro atoms. The van der Waals surface area contributed by atoms with Crippen LogP contribution in [0.5, 0.6) is 0 Å². The summed E-state index contributed by atoms with van der Waals surface area (Å²) in [5.41, 5.74) is 2.49. The second kappa shape index (κ2) is 6.28. The fourth-order valence-electron chi connectivity index (χ4n) is 2.28. The van der Waals surface area contributed by atoms with Gasteiger partial charge in [-0.1, -0.05) is 44.7 Å². The first-order valence-corrected chi connectivity index (χ1v) is 7.75. The van der Waals surface area contributed by atoms with E-state index in [2.05, 4.69) is 36.8 Å². The van der Waals surface area contributed by atoms with E-state index in [4.69, 9.17) is 4.99 Å². The summed E-state index contributed by atoms with van der Waals surface area (Å²) in [5.74, 6) is 1.21. The van der Waals surface area contributed by atoms with Crippen molar-refractivity contribution < 1.29 is 0 Å². The minimum absolute atomic E-state index is 0.978. The number of hydrogen-bond acceptors (Lipinski definition) is 3. The Morgan fingerprint density at radius 3 is 2.94 bits per heavy atom. The summed E-state index contributed by atoms with van der Waals surface area (Å²) in [6.07, 6.45) is 7.80. The lowest BCUT2D eigenvalue weighted by molar-refractivity contribution is 0.493. The van der Waals surface area contributed by atoms with Gasteiger partial charge in [0.15, 0.2) is 0 Å². The molecule has 2 nitrogen and oxygen atoms in total. The van der Waals surface area contributed by atoms with Gasteiger partial charge in [0.1, 0.15) is 10.9 Å². The molecule has 0 radical (unpaired) electrons. The molecule has 18 heavy (non-hydrogen) atoms. The Morgan fingerprint density at radius 1 is 1.39 bits per heavy atom. The maximum absolute atomic E-state index is 4.86. The average Bonchev–Trinajstić information content (AvgIpc) is 2.40. The van der Waals surface area contributed by atoms with Crippen LogP contribution in [-0.4, -0.2) is 17.3 Å². The molecule has 2 rings (SSSR count). The van der Waals surface area contributed by atoms with Crippen molar-refractivity contribution in [1.29, 1.82) is 0 Å². The van der Waals surface area contributed by atoms with Gasteiger partial charge in [-0.25, -0.2) is 4.99 Å². The fraction of sp³-hybridized carbons (Fsp3) is 0.533. The molecule has 2 aliphatic rings. The van der Waals surface area contributed by atoms with Crippen LogP contribution in [-0.2, 0) is 0 Å². The average molecular weight is 262 g/mol. The van der Waals surface area contributed by atoms with Crippen LogP contribution < -0.4 is 0 Å². The summed E-state index contributed by atoms with van der Waals surface area (Å²) in [6.45, 7) is 9.77. The summed E-state index contributed by atoms with van der Waals surface area (Å²) >= 11 is 1.73. The number of thioether (sulfide) groups is 1. The van der Waals surface area contributed by atoms with E-state index in [1.807, 2.05) is 0 Å². The van der Waals surface area contributed by atoms with E-state index in [1.54, 1.807) is 11.8 Å².